The van der Waals surface area contributed by atoms with E-state index in [1.54, 1.807) is 18.7 Å². The predicted molar refractivity (Wildman–Crippen MR) is 85.1 cm³/mol. The summed E-state index contributed by atoms with van der Waals surface area (Å²) in [6.45, 7) is 6.11. The molecule has 1 aromatic carbocycles. The quantitative estimate of drug-likeness (QED) is 0.719. The molecule has 0 aromatic heterocycles. The summed E-state index contributed by atoms with van der Waals surface area (Å²) in [5.74, 6) is 0.0143. The summed E-state index contributed by atoms with van der Waals surface area (Å²) >= 11 is 1.79. The van der Waals surface area contributed by atoms with E-state index in [0.717, 1.165) is 30.1 Å². The van der Waals surface area contributed by atoms with E-state index in [-0.39, 0.29) is 17.3 Å². The van der Waals surface area contributed by atoms with Gasteiger partial charge < -0.3 is 10.6 Å². The fraction of sp³-hybridized carbons (Fsp3) is 0.533. The molecule has 1 rings (SSSR count). The maximum Gasteiger partial charge on any atom is 0.251 e. The molecule has 3 nitrogen and oxygen atoms in total. The first kappa shape index (κ1) is 17.8. The van der Waals surface area contributed by atoms with Crippen LogP contribution < -0.4 is 10.6 Å². The minimum absolute atomic E-state index is 0.00153. The summed E-state index contributed by atoms with van der Waals surface area (Å²) in [7, 11) is 0. The summed E-state index contributed by atoms with van der Waals surface area (Å²) in [5, 5.41) is 5.36. The Morgan fingerprint density at radius 2 is 1.90 bits per heavy atom. The minimum atomic E-state index is -0.754. The number of hydrogen-bond acceptors (Lipinski definition) is 3. The molecule has 0 saturated heterocycles. The summed E-state index contributed by atoms with van der Waals surface area (Å²) < 4.78 is 27.5. The highest BCUT2D eigenvalue weighted by Gasteiger charge is 2.16. The average Bonchev–Trinajstić information content (AvgIpc) is 2.42. The second kappa shape index (κ2) is 8.87. The Morgan fingerprint density at radius 1 is 1.29 bits per heavy atom. The van der Waals surface area contributed by atoms with E-state index >= 15 is 0 Å². The van der Waals surface area contributed by atoms with Gasteiger partial charge in [0, 0.05) is 18.2 Å². The van der Waals surface area contributed by atoms with Gasteiger partial charge in [-0.15, -0.1) is 0 Å². The summed E-state index contributed by atoms with van der Waals surface area (Å²) in [4.78, 5) is 12.0. The Bertz CT molecular complexity index is 460. The topological polar surface area (TPSA) is 41.1 Å². The Balaban J connectivity index is 2.70. The Kier molecular flexibility index (Phi) is 7.50. The van der Waals surface area contributed by atoms with Crippen molar-refractivity contribution < 1.29 is 13.6 Å². The third kappa shape index (κ3) is 5.53. The van der Waals surface area contributed by atoms with Crippen LogP contribution >= 0.6 is 11.8 Å². The third-order valence-corrected chi connectivity index (χ3v) is 3.87. The van der Waals surface area contributed by atoms with Crippen molar-refractivity contribution in [3.63, 3.8) is 0 Å². The first-order chi connectivity index (χ1) is 9.99. The monoisotopic (exact) mass is 316 g/mol. The summed E-state index contributed by atoms with van der Waals surface area (Å²) in [6.07, 6.45) is 0.824. The van der Waals surface area contributed by atoms with Gasteiger partial charge in [-0.3, -0.25) is 4.79 Å². The molecule has 21 heavy (non-hydrogen) atoms. The number of hydrogen-bond donors (Lipinski definition) is 2. The van der Waals surface area contributed by atoms with E-state index in [0.29, 0.717) is 6.54 Å². The van der Waals surface area contributed by atoms with E-state index in [2.05, 4.69) is 17.6 Å². The zero-order valence-electron chi connectivity index (χ0n) is 12.6. The zero-order valence-corrected chi connectivity index (χ0v) is 13.4. The van der Waals surface area contributed by atoms with Gasteiger partial charge in [0.2, 0.25) is 0 Å². The third-order valence-electron chi connectivity index (χ3n) is 2.93. The van der Waals surface area contributed by atoms with Crippen LogP contribution in [0.5, 0.6) is 0 Å². The van der Waals surface area contributed by atoms with Gasteiger partial charge in [0.1, 0.15) is 17.3 Å². The lowest BCUT2D eigenvalue weighted by Crippen LogP contribution is -2.33. The zero-order chi connectivity index (χ0) is 15.8. The van der Waals surface area contributed by atoms with Crippen molar-refractivity contribution >= 4 is 23.4 Å². The molecule has 0 aliphatic rings. The summed E-state index contributed by atoms with van der Waals surface area (Å²) in [5.41, 5.74) is -0.192. The minimum Gasteiger partial charge on any atom is -0.381 e. The van der Waals surface area contributed by atoms with Crippen molar-refractivity contribution in [2.45, 2.75) is 33.2 Å². The molecule has 0 spiro atoms. The standard InChI is InChI=1S/C15H22F2N2OS/c1-4-18-14-12(16)8-11(9-13(14)17)15(20)19-10(3)6-7-21-5-2/h8-10,18H,4-7H2,1-3H3,(H,19,20). The van der Waals surface area contributed by atoms with Crippen LogP contribution in [-0.2, 0) is 0 Å². The number of carbonyl (C=O) groups is 1. The molecular weight excluding hydrogens is 294 g/mol. The molecule has 0 fully saturated rings. The highest BCUT2D eigenvalue weighted by atomic mass is 32.2. The molecule has 0 heterocycles. The molecule has 0 radical (unpaired) electrons. The lowest BCUT2D eigenvalue weighted by molar-refractivity contribution is 0.0938. The molecule has 1 amide bonds. The number of rotatable bonds is 8. The smallest absolute Gasteiger partial charge is 0.251 e. The summed E-state index contributed by atoms with van der Waals surface area (Å²) in [6, 6.07) is 2.09. The van der Waals surface area contributed by atoms with Gasteiger partial charge in [-0.05, 0) is 43.9 Å². The fourth-order valence-corrected chi connectivity index (χ4v) is 2.64. The molecule has 6 heteroatoms. The van der Waals surface area contributed by atoms with Gasteiger partial charge in [0.25, 0.3) is 5.91 Å². The molecule has 1 atom stereocenters. The van der Waals surface area contributed by atoms with E-state index < -0.39 is 17.5 Å². The van der Waals surface area contributed by atoms with Gasteiger partial charge in [-0.1, -0.05) is 6.92 Å². The highest BCUT2D eigenvalue weighted by molar-refractivity contribution is 7.99. The molecule has 1 aromatic rings. The van der Waals surface area contributed by atoms with Crippen molar-refractivity contribution in [1.29, 1.82) is 0 Å². The number of benzene rings is 1. The Morgan fingerprint density at radius 3 is 2.43 bits per heavy atom. The van der Waals surface area contributed by atoms with Crippen LogP contribution in [0.3, 0.4) is 0 Å². The second-order valence-electron chi connectivity index (χ2n) is 4.71. The fourth-order valence-electron chi connectivity index (χ4n) is 1.83. The van der Waals surface area contributed by atoms with Crippen molar-refractivity contribution in [2.75, 3.05) is 23.4 Å². The number of amides is 1. The van der Waals surface area contributed by atoms with Crippen LogP contribution in [0.15, 0.2) is 12.1 Å². The average molecular weight is 316 g/mol. The van der Waals surface area contributed by atoms with Gasteiger partial charge in [-0.2, -0.15) is 11.8 Å². The largest absolute Gasteiger partial charge is 0.381 e. The lowest BCUT2D eigenvalue weighted by Gasteiger charge is -2.14. The molecule has 0 saturated carbocycles. The lowest BCUT2D eigenvalue weighted by atomic mass is 10.1. The molecule has 0 aliphatic heterocycles. The van der Waals surface area contributed by atoms with Crippen molar-refractivity contribution in [2.24, 2.45) is 0 Å². The highest BCUT2D eigenvalue weighted by Crippen LogP contribution is 2.20. The van der Waals surface area contributed by atoms with Gasteiger partial charge in [-0.25, -0.2) is 8.78 Å². The van der Waals surface area contributed by atoms with Crippen LogP contribution in [0, 0.1) is 11.6 Å². The first-order valence-corrected chi connectivity index (χ1v) is 8.26. The maximum absolute atomic E-state index is 13.8. The maximum atomic E-state index is 13.8. The van der Waals surface area contributed by atoms with E-state index in [4.69, 9.17) is 0 Å². The number of nitrogens with one attached hydrogen (secondary N) is 2. The first-order valence-electron chi connectivity index (χ1n) is 7.11. The molecule has 2 N–H and O–H groups in total. The van der Waals surface area contributed by atoms with E-state index in [1.807, 2.05) is 6.92 Å². The van der Waals surface area contributed by atoms with Gasteiger partial charge in [0.15, 0.2) is 0 Å². The van der Waals surface area contributed by atoms with Gasteiger partial charge >= 0.3 is 0 Å². The molecule has 118 valence electrons. The normalized spacial score (nSPS) is 12.0. The SMILES string of the molecule is CCNc1c(F)cc(C(=O)NC(C)CCSCC)cc1F. The van der Waals surface area contributed by atoms with Crippen LogP contribution in [-0.4, -0.2) is 30.0 Å². The Labute approximate surface area is 128 Å². The van der Waals surface area contributed by atoms with Crippen molar-refractivity contribution in [3.05, 3.63) is 29.3 Å². The van der Waals surface area contributed by atoms with Crippen LogP contribution in [0.1, 0.15) is 37.6 Å². The van der Waals surface area contributed by atoms with Crippen LogP contribution in [0.2, 0.25) is 0 Å². The second-order valence-corrected chi connectivity index (χ2v) is 6.10. The number of halogens is 2. The number of anilines is 1. The van der Waals surface area contributed by atoms with E-state index in [1.165, 1.54) is 0 Å². The molecular formula is C15H22F2N2OS. The van der Waals surface area contributed by atoms with Crippen molar-refractivity contribution in [3.8, 4) is 0 Å². The predicted octanol–water partition coefficient (Wildman–Crippen LogP) is 3.66. The number of thioether (sulfide) groups is 1. The Hall–Kier alpha value is -1.30. The van der Waals surface area contributed by atoms with E-state index in [9.17, 15) is 13.6 Å². The molecule has 0 aliphatic carbocycles. The molecule has 0 bridgehead atoms. The molecule has 1 unspecified atom stereocenters. The number of carbonyl (C=O) groups excluding carboxylic acids is 1. The van der Waals surface area contributed by atoms with Crippen molar-refractivity contribution in [1.82, 2.24) is 5.32 Å². The van der Waals surface area contributed by atoms with Crippen LogP contribution in [0.4, 0.5) is 14.5 Å². The van der Waals surface area contributed by atoms with Gasteiger partial charge in [0.05, 0.1) is 0 Å². The van der Waals surface area contributed by atoms with Crippen LogP contribution in [0.25, 0.3) is 0 Å².